The van der Waals surface area contributed by atoms with Gasteiger partial charge in [0.25, 0.3) is 0 Å². The summed E-state index contributed by atoms with van der Waals surface area (Å²) in [5.41, 5.74) is 1.37. The molecule has 3 nitrogen and oxygen atoms in total. The first-order chi connectivity index (χ1) is 15.2. The minimum Gasteiger partial charge on any atom is -0.465 e. The van der Waals surface area contributed by atoms with E-state index in [-0.39, 0.29) is 22.9 Å². The van der Waals surface area contributed by atoms with Gasteiger partial charge in [-0.3, -0.25) is 4.79 Å². The van der Waals surface area contributed by atoms with E-state index in [1.807, 2.05) is 20.8 Å². The number of aliphatic hydroxyl groups is 1. The van der Waals surface area contributed by atoms with Crippen LogP contribution in [-0.2, 0) is 9.53 Å². The molecular weight excluding hydrogens is 408 g/mol. The molecule has 0 radical (unpaired) electrons. The van der Waals surface area contributed by atoms with Gasteiger partial charge < -0.3 is 9.84 Å². The van der Waals surface area contributed by atoms with E-state index in [9.17, 15) is 9.90 Å². The number of aliphatic hydroxyl groups excluding tert-OH is 1. The number of carbonyl (C=O) groups is 1. The molecule has 4 aliphatic rings. The molecule has 3 heteroatoms. The number of fused-ring (bicyclic) bond motifs is 5. The Morgan fingerprint density at radius 1 is 0.939 bits per heavy atom. The zero-order valence-corrected chi connectivity index (χ0v) is 22.7. The Balaban J connectivity index is 1.64. The lowest BCUT2D eigenvalue weighted by Gasteiger charge is -2.69. The van der Waals surface area contributed by atoms with Gasteiger partial charge in [0.2, 0.25) is 0 Å². The highest BCUT2D eigenvalue weighted by atomic mass is 16.5. The van der Waals surface area contributed by atoms with E-state index in [1.165, 1.54) is 32.1 Å². The number of hydrogen-bond donors (Lipinski definition) is 1. The van der Waals surface area contributed by atoms with Crippen molar-refractivity contribution >= 4 is 5.97 Å². The van der Waals surface area contributed by atoms with E-state index in [2.05, 4.69) is 41.2 Å². The molecule has 0 aromatic heterocycles. The second-order valence-corrected chi connectivity index (χ2v) is 14.1. The first-order valence-electron chi connectivity index (χ1n) is 13.7. The Bertz CT molecular complexity index is 811. The minimum absolute atomic E-state index is 0.00223. The molecule has 0 saturated heterocycles. The smallest absolute Gasteiger partial charge is 0.315 e. The molecule has 0 bridgehead atoms. The van der Waals surface area contributed by atoms with E-state index in [0.29, 0.717) is 41.1 Å². The average Bonchev–Trinajstić information content (AvgIpc) is 3.09. The van der Waals surface area contributed by atoms with E-state index in [1.54, 1.807) is 0 Å². The first kappa shape index (κ1) is 25.3. The van der Waals surface area contributed by atoms with Crippen molar-refractivity contribution in [2.75, 3.05) is 6.61 Å². The van der Waals surface area contributed by atoms with Crippen LogP contribution in [0.5, 0.6) is 0 Å². The van der Waals surface area contributed by atoms with Gasteiger partial charge in [0.1, 0.15) is 0 Å². The predicted octanol–water partition coefficient (Wildman–Crippen LogP) is 7.18. The summed E-state index contributed by atoms with van der Waals surface area (Å²) < 4.78 is 5.43. The molecule has 0 aromatic rings. The molecule has 4 aliphatic carbocycles. The first-order valence-corrected chi connectivity index (χ1v) is 13.7. The average molecular weight is 459 g/mol. The van der Waals surface area contributed by atoms with Crippen LogP contribution in [0.25, 0.3) is 0 Å². The molecule has 0 aromatic carbocycles. The Hall–Kier alpha value is -0.830. The zero-order valence-electron chi connectivity index (χ0n) is 22.7. The number of ether oxygens (including phenoxy) is 1. The van der Waals surface area contributed by atoms with Gasteiger partial charge in [-0.25, -0.2) is 0 Å². The van der Waals surface area contributed by atoms with Crippen LogP contribution in [0.15, 0.2) is 12.2 Å². The second-order valence-electron chi connectivity index (χ2n) is 14.1. The van der Waals surface area contributed by atoms with Crippen molar-refractivity contribution in [3.8, 4) is 0 Å². The molecular formula is C30H50O3. The summed E-state index contributed by atoms with van der Waals surface area (Å²) in [5.74, 6) is 2.19. The van der Waals surface area contributed by atoms with Crippen molar-refractivity contribution in [1.82, 2.24) is 0 Å². The molecule has 33 heavy (non-hydrogen) atoms. The minimum atomic E-state index is -0.628. The summed E-state index contributed by atoms with van der Waals surface area (Å²) in [5, 5.41) is 10.9. The molecule has 0 amide bonds. The molecule has 8 atom stereocenters. The van der Waals surface area contributed by atoms with E-state index in [4.69, 9.17) is 4.74 Å². The largest absolute Gasteiger partial charge is 0.465 e. The van der Waals surface area contributed by atoms with Crippen LogP contribution in [0.1, 0.15) is 107 Å². The topological polar surface area (TPSA) is 46.5 Å². The second kappa shape index (κ2) is 7.84. The maximum atomic E-state index is 12.8. The van der Waals surface area contributed by atoms with Crippen molar-refractivity contribution in [1.29, 1.82) is 0 Å². The van der Waals surface area contributed by atoms with Crippen LogP contribution in [0.2, 0.25) is 0 Å². The highest BCUT2D eigenvalue weighted by Gasteiger charge is 2.68. The quantitative estimate of drug-likeness (QED) is 0.358. The van der Waals surface area contributed by atoms with Crippen LogP contribution >= 0.6 is 0 Å². The normalized spacial score (nSPS) is 46.6. The molecule has 188 valence electrons. The fraction of sp³-hybridized carbons (Fsp3) is 0.900. The third kappa shape index (κ3) is 3.26. The van der Waals surface area contributed by atoms with Crippen molar-refractivity contribution in [2.45, 2.75) is 113 Å². The highest BCUT2D eigenvalue weighted by Crippen LogP contribution is 2.75. The van der Waals surface area contributed by atoms with Crippen LogP contribution < -0.4 is 0 Å². The Labute approximate surface area is 203 Å². The van der Waals surface area contributed by atoms with Crippen molar-refractivity contribution < 1.29 is 14.6 Å². The third-order valence-corrected chi connectivity index (χ3v) is 12.4. The van der Waals surface area contributed by atoms with Gasteiger partial charge in [0, 0.05) is 0 Å². The SMILES string of the molecule is C=C([C@H]1CC[C@]2(C)[C@@H]1CC[C@@H]1[C@@]3(C)CC[C@H](O)C(C)(C)[C@@H]3CC[C@]12C)C(C)(C)C(=O)OCC. The van der Waals surface area contributed by atoms with Gasteiger partial charge in [0.15, 0.2) is 0 Å². The summed E-state index contributed by atoms with van der Waals surface area (Å²) in [6.45, 7) is 23.3. The number of esters is 1. The Kier molecular flexibility index (Phi) is 6.00. The standard InChI is InChI=1S/C30H50O3/c1-10-33-25(32)26(3,4)19(2)20-13-17-29(8)21(20)11-12-23-28(7)16-15-24(31)27(5,6)22(28)14-18-30(23,29)9/h20-24,31H,2,10-18H2,1,3-9H3/t20-,21-,22+,23-,24+,28+,29-,30-/m1/s1. The lowest BCUT2D eigenvalue weighted by atomic mass is 9.35. The summed E-state index contributed by atoms with van der Waals surface area (Å²) in [6, 6.07) is 0. The fourth-order valence-electron chi connectivity index (χ4n) is 10.1. The maximum absolute atomic E-state index is 12.8. The zero-order chi connectivity index (χ0) is 24.6. The van der Waals surface area contributed by atoms with Gasteiger partial charge in [0.05, 0.1) is 18.1 Å². The maximum Gasteiger partial charge on any atom is 0.315 e. The van der Waals surface area contributed by atoms with Crippen molar-refractivity contribution in [3.05, 3.63) is 12.2 Å². The molecule has 1 N–H and O–H groups in total. The van der Waals surface area contributed by atoms with Gasteiger partial charge in [-0.1, -0.05) is 46.8 Å². The van der Waals surface area contributed by atoms with Gasteiger partial charge in [-0.05, 0) is 117 Å². The summed E-state index contributed by atoms with van der Waals surface area (Å²) >= 11 is 0. The lowest BCUT2D eigenvalue weighted by molar-refractivity contribution is -0.220. The molecule has 4 saturated carbocycles. The monoisotopic (exact) mass is 458 g/mol. The summed E-state index contributed by atoms with van der Waals surface area (Å²) in [6.07, 6.45) is 9.34. The molecule has 4 fully saturated rings. The Morgan fingerprint density at radius 2 is 1.58 bits per heavy atom. The fourth-order valence-corrected chi connectivity index (χ4v) is 10.1. The highest BCUT2D eigenvalue weighted by molar-refractivity contribution is 5.79. The molecule has 4 rings (SSSR count). The Morgan fingerprint density at radius 3 is 2.21 bits per heavy atom. The number of carbonyl (C=O) groups excluding carboxylic acids is 1. The number of rotatable bonds is 4. The summed E-state index contributed by atoms with van der Waals surface area (Å²) in [4.78, 5) is 12.8. The van der Waals surface area contributed by atoms with Crippen molar-refractivity contribution in [3.63, 3.8) is 0 Å². The van der Waals surface area contributed by atoms with Gasteiger partial charge >= 0.3 is 5.97 Å². The lowest BCUT2D eigenvalue weighted by Crippen LogP contribution is -2.63. The van der Waals surface area contributed by atoms with Gasteiger partial charge in [-0.15, -0.1) is 0 Å². The predicted molar refractivity (Wildman–Crippen MR) is 135 cm³/mol. The van der Waals surface area contributed by atoms with E-state index >= 15 is 0 Å². The van der Waals surface area contributed by atoms with E-state index in [0.717, 1.165) is 24.8 Å². The van der Waals surface area contributed by atoms with Crippen LogP contribution in [0, 0.1) is 50.7 Å². The van der Waals surface area contributed by atoms with Crippen LogP contribution in [-0.4, -0.2) is 23.8 Å². The van der Waals surface area contributed by atoms with E-state index < -0.39 is 5.41 Å². The molecule has 0 spiro atoms. The molecule has 0 unspecified atom stereocenters. The third-order valence-electron chi connectivity index (χ3n) is 12.4. The molecule has 0 aliphatic heterocycles. The molecule has 0 heterocycles. The van der Waals surface area contributed by atoms with Crippen LogP contribution in [0.4, 0.5) is 0 Å². The van der Waals surface area contributed by atoms with Gasteiger partial charge in [-0.2, -0.15) is 0 Å². The number of hydrogen-bond acceptors (Lipinski definition) is 3. The summed E-state index contributed by atoms with van der Waals surface area (Å²) in [7, 11) is 0. The van der Waals surface area contributed by atoms with Crippen LogP contribution in [0.3, 0.4) is 0 Å². The van der Waals surface area contributed by atoms with Crippen molar-refractivity contribution in [2.24, 2.45) is 50.7 Å².